The summed E-state index contributed by atoms with van der Waals surface area (Å²) in [4.78, 5) is 22.8. The summed E-state index contributed by atoms with van der Waals surface area (Å²) >= 11 is 0. The van der Waals surface area contributed by atoms with Gasteiger partial charge in [-0.3, -0.25) is 9.59 Å². The lowest BCUT2D eigenvalue weighted by molar-refractivity contribution is -0.137. The molecule has 21 heavy (non-hydrogen) atoms. The van der Waals surface area contributed by atoms with E-state index in [1.807, 2.05) is 0 Å². The summed E-state index contributed by atoms with van der Waals surface area (Å²) in [6.07, 6.45) is 4.85. The first-order valence-electron chi connectivity index (χ1n) is 8.03. The van der Waals surface area contributed by atoms with Crippen molar-refractivity contribution in [2.24, 2.45) is 11.3 Å². The van der Waals surface area contributed by atoms with E-state index in [9.17, 15) is 9.59 Å². The van der Waals surface area contributed by atoms with E-state index in [1.54, 1.807) is 0 Å². The molecule has 3 N–H and O–H groups in total. The number of carbonyl (C=O) groups excluding carboxylic acids is 1. The highest BCUT2D eigenvalue weighted by molar-refractivity contribution is 5.81. The minimum atomic E-state index is -0.750. The molecular formula is C16H30N2O3. The minimum absolute atomic E-state index is 0.0501. The van der Waals surface area contributed by atoms with E-state index >= 15 is 0 Å². The predicted octanol–water partition coefficient (Wildman–Crippen LogP) is 2.16. The smallest absolute Gasteiger partial charge is 0.303 e. The van der Waals surface area contributed by atoms with Crippen molar-refractivity contribution in [2.75, 3.05) is 13.1 Å². The molecule has 0 radical (unpaired) electrons. The number of carbonyl (C=O) groups is 2. The van der Waals surface area contributed by atoms with Gasteiger partial charge >= 0.3 is 5.97 Å². The van der Waals surface area contributed by atoms with Crippen molar-refractivity contribution in [1.29, 1.82) is 0 Å². The standard InChI is InChI=1S/C16H30N2O3/c1-16(2,3)12(7-8-14(19)20)9-11-18-15(21)13-6-4-5-10-17-13/h12-13,17H,4-11H2,1-3H3,(H,18,21)(H,19,20)/t12?,13-/m0/s1. The predicted molar refractivity (Wildman–Crippen MR) is 83.1 cm³/mol. The van der Waals surface area contributed by atoms with Crippen molar-refractivity contribution >= 4 is 11.9 Å². The molecule has 1 unspecified atom stereocenters. The largest absolute Gasteiger partial charge is 0.481 e. The molecular weight excluding hydrogens is 268 g/mol. The number of rotatable bonds is 7. The molecule has 122 valence electrons. The summed E-state index contributed by atoms with van der Waals surface area (Å²) in [5, 5.41) is 15.1. The van der Waals surface area contributed by atoms with Crippen molar-refractivity contribution in [3.8, 4) is 0 Å². The maximum atomic E-state index is 12.0. The van der Waals surface area contributed by atoms with Crippen LogP contribution >= 0.6 is 0 Å². The highest BCUT2D eigenvalue weighted by atomic mass is 16.4. The fourth-order valence-corrected chi connectivity index (χ4v) is 2.88. The van der Waals surface area contributed by atoms with Crippen LogP contribution < -0.4 is 10.6 Å². The molecule has 0 saturated carbocycles. The molecule has 0 aromatic heterocycles. The Kier molecular flexibility index (Phi) is 7.15. The number of carboxylic acid groups (broad SMARTS) is 1. The number of piperidine rings is 1. The highest BCUT2D eigenvalue weighted by Gasteiger charge is 2.26. The van der Waals surface area contributed by atoms with Crippen LogP contribution in [0.2, 0.25) is 0 Å². The molecule has 0 aromatic carbocycles. The van der Waals surface area contributed by atoms with Gasteiger partial charge in [-0.25, -0.2) is 0 Å². The summed E-state index contributed by atoms with van der Waals surface area (Å²) in [6, 6.07) is -0.0501. The van der Waals surface area contributed by atoms with Gasteiger partial charge < -0.3 is 15.7 Å². The van der Waals surface area contributed by atoms with Gasteiger partial charge in [-0.1, -0.05) is 27.2 Å². The fourth-order valence-electron chi connectivity index (χ4n) is 2.88. The van der Waals surface area contributed by atoms with Gasteiger partial charge in [0.05, 0.1) is 6.04 Å². The second-order valence-corrected chi connectivity index (χ2v) is 7.08. The van der Waals surface area contributed by atoms with Gasteiger partial charge in [0.15, 0.2) is 0 Å². The molecule has 2 atom stereocenters. The van der Waals surface area contributed by atoms with E-state index in [2.05, 4.69) is 31.4 Å². The van der Waals surface area contributed by atoms with Gasteiger partial charge in [-0.2, -0.15) is 0 Å². The lowest BCUT2D eigenvalue weighted by atomic mass is 9.76. The molecule has 0 bridgehead atoms. The van der Waals surface area contributed by atoms with E-state index in [1.165, 1.54) is 0 Å². The summed E-state index contributed by atoms with van der Waals surface area (Å²) in [7, 11) is 0. The normalized spacial score (nSPS) is 20.8. The Morgan fingerprint density at radius 3 is 2.52 bits per heavy atom. The second-order valence-electron chi connectivity index (χ2n) is 7.08. The third-order valence-electron chi connectivity index (χ3n) is 4.35. The third-order valence-corrected chi connectivity index (χ3v) is 4.35. The Bertz CT molecular complexity index is 344. The molecule has 0 aromatic rings. The SMILES string of the molecule is CC(C)(C)C(CCNC(=O)[C@@H]1CCCCN1)CCC(=O)O. The summed E-state index contributed by atoms with van der Waals surface area (Å²) in [6.45, 7) is 7.93. The summed E-state index contributed by atoms with van der Waals surface area (Å²) in [5.74, 6) is -0.367. The molecule has 1 rings (SSSR count). The zero-order valence-corrected chi connectivity index (χ0v) is 13.6. The van der Waals surface area contributed by atoms with E-state index in [0.717, 1.165) is 32.2 Å². The lowest BCUT2D eigenvalue weighted by Crippen LogP contribution is -2.47. The van der Waals surface area contributed by atoms with Gasteiger partial charge in [-0.05, 0) is 43.6 Å². The zero-order valence-electron chi connectivity index (χ0n) is 13.6. The Balaban J connectivity index is 2.34. The Hall–Kier alpha value is -1.10. The van der Waals surface area contributed by atoms with Crippen LogP contribution in [0.3, 0.4) is 0 Å². The number of hydrogen-bond acceptors (Lipinski definition) is 3. The molecule has 1 aliphatic heterocycles. The van der Waals surface area contributed by atoms with Gasteiger partial charge in [0, 0.05) is 13.0 Å². The zero-order chi connectivity index (χ0) is 15.9. The monoisotopic (exact) mass is 298 g/mol. The third kappa shape index (κ3) is 6.93. The minimum Gasteiger partial charge on any atom is -0.481 e. The van der Waals surface area contributed by atoms with Crippen LogP contribution in [0.4, 0.5) is 0 Å². The average Bonchev–Trinajstić information content (AvgIpc) is 2.41. The molecule has 1 heterocycles. The fraction of sp³-hybridized carbons (Fsp3) is 0.875. The van der Waals surface area contributed by atoms with E-state index in [4.69, 9.17) is 5.11 Å². The second kappa shape index (κ2) is 8.37. The maximum absolute atomic E-state index is 12.0. The van der Waals surface area contributed by atoms with Crippen molar-refractivity contribution in [2.45, 2.75) is 65.3 Å². The van der Waals surface area contributed by atoms with Gasteiger partial charge in [0.25, 0.3) is 0 Å². The number of carboxylic acids is 1. The van der Waals surface area contributed by atoms with Crippen molar-refractivity contribution in [3.63, 3.8) is 0 Å². The molecule has 5 heteroatoms. The lowest BCUT2D eigenvalue weighted by Gasteiger charge is -2.31. The Labute approximate surface area is 127 Å². The molecule has 1 aliphatic rings. The van der Waals surface area contributed by atoms with E-state index in [0.29, 0.717) is 18.9 Å². The number of hydrogen-bond donors (Lipinski definition) is 3. The number of nitrogens with one attached hydrogen (secondary N) is 2. The van der Waals surface area contributed by atoms with Crippen LogP contribution in [-0.4, -0.2) is 36.1 Å². The summed E-state index contributed by atoms with van der Waals surface area (Å²) in [5.41, 5.74) is 0.0588. The molecule has 0 spiro atoms. The maximum Gasteiger partial charge on any atom is 0.303 e. The first kappa shape index (κ1) is 18.0. The molecule has 5 nitrogen and oxygen atoms in total. The van der Waals surface area contributed by atoms with Crippen molar-refractivity contribution in [3.05, 3.63) is 0 Å². The molecule has 1 amide bonds. The Morgan fingerprint density at radius 1 is 1.29 bits per heavy atom. The molecule has 1 saturated heterocycles. The topological polar surface area (TPSA) is 78.4 Å². The van der Waals surface area contributed by atoms with Gasteiger partial charge in [-0.15, -0.1) is 0 Å². The quantitative estimate of drug-likeness (QED) is 0.673. The van der Waals surface area contributed by atoms with Crippen LogP contribution in [0.5, 0.6) is 0 Å². The van der Waals surface area contributed by atoms with Crippen molar-refractivity contribution in [1.82, 2.24) is 10.6 Å². The van der Waals surface area contributed by atoms with E-state index in [-0.39, 0.29) is 23.8 Å². The molecule has 1 fully saturated rings. The first-order valence-corrected chi connectivity index (χ1v) is 8.03. The van der Waals surface area contributed by atoms with Crippen molar-refractivity contribution < 1.29 is 14.7 Å². The van der Waals surface area contributed by atoms with Crippen LogP contribution in [-0.2, 0) is 9.59 Å². The van der Waals surface area contributed by atoms with Crippen LogP contribution in [0.15, 0.2) is 0 Å². The molecule has 0 aliphatic carbocycles. The average molecular weight is 298 g/mol. The van der Waals surface area contributed by atoms with Crippen LogP contribution in [0.1, 0.15) is 59.3 Å². The van der Waals surface area contributed by atoms with Crippen LogP contribution in [0.25, 0.3) is 0 Å². The Morgan fingerprint density at radius 2 is 2.00 bits per heavy atom. The number of aliphatic carboxylic acids is 1. The van der Waals surface area contributed by atoms with Gasteiger partial charge in [0.1, 0.15) is 0 Å². The highest BCUT2D eigenvalue weighted by Crippen LogP contribution is 2.32. The first-order chi connectivity index (χ1) is 9.80. The summed E-state index contributed by atoms with van der Waals surface area (Å²) < 4.78 is 0. The van der Waals surface area contributed by atoms with Crippen LogP contribution in [0, 0.1) is 11.3 Å². The number of amides is 1. The van der Waals surface area contributed by atoms with E-state index < -0.39 is 5.97 Å². The van der Waals surface area contributed by atoms with Gasteiger partial charge in [0.2, 0.25) is 5.91 Å².